The zero-order valence-electron chi connectivity index (χ0n) is 28.9. The number of carbonyl (C=O) groups excluding carboxylic acids is 1. The van der Waals surface area contributed by atoms with Crippen LogP contribution in [0.2, 0.25) is 0 Å². The Kier molecular flexibility index (Phi) is 11.9. The highest BCUT2D eigenvalue weighted by molar-refractivity contribution is 6.01. The first-order valence-corrected chi connectivity index (χ1v) is 17.2. The standard InChI is InChI=1S/C37H40F9N3O4/c1-53-29-12-11-23(13-18-48-16-3-2-4-17-48)31(36(41,42)43)30(29)27-10-6-8-25-24(7-5-9-26(25)27)21-28(32(50)51)47-33(52)34(37(44,45)46)14-19-49(20-15-34)22-35(38,39)40/h5-12,28H,2-4,13-22H2,1H3,(H,47,52)(H,50,51)/t28-/m0/s1. The lowest BCUT2D eigenvalue weighted by molar-refractivity contribution is -0.236. The second-order valence-corrected chi connectivity index (χ2v) is 13.7. The first kappa shape index (κ1) is 40.1. The van der Waals surface area contributed by atoms with E-state index in [1.54, 1.807) is 0 Å². The number of aliphatic carboxylic acids is 1. The van der Waals surface area contributed by atoms with Gasteiger partial charge in [0.2, 0.25) is 5.91 Å². The normalized spacial score (nSPS) is 18.2. The Labute approximate surface area is 300 Å². The number of rotatable bonds is 11. The number of carboxylic acids is 1. The third-order valence-corrected chi connectivity index (χ3v) is 10.3. The molecule has 0 aromatic heterocycles. The van der Waals surface area contributed by atoms with Crippen molar-refractivity contribution in [1.82, 2.24) is 15.1 Å². The summed E-state index contributed by atoms with van der Waals surface area (Å²) in [6, 6.07) is 9.90. The second kappa shape index (κ2) is 15.7. The molecule has 3 aromatic carbocycles. The van der Waals surface area contributed by atoms with Crippen molar-refractivity contribution in [3.63, 3.8) is 0 Å². The fourth-order valence-corrected chi connectivity index (χ4v) is 7.53. The van der Waals surface area contributed by atoms with E-state index >= 15 is 0 Å². The predicted molar refractivity (Wildman–Crippen MR) is 178 cm³/mol. The summed E-state index contributed by atoms with van der Waals surface area (Å²) in [5.41, 5.74) is -3.80. The highest BCUT2D eigenvalue weighted by atomic mass is 19.4. The number of nitrogens with one attached hydrogen (secondary N) is 1. The molecule has 2 heterocycles. The number of amides is 1. The number of piperidine rings is 2. The van der Waals surface area contributed by atoms with Gasteiger partial charge in [0.25, 0.3) is 0 Å². The number of alkyl halides is 9. The van der Waals surface area contributed by atoms with Gasteiger partial charge in [0.05, 0.1) is 19.2 Å². The van der Waals surface area contributed by atoms with E-state index in [4.69, 9.17) is 4.74 Å². The number of hydrogen-bond donors (Lipinski definition) is 2. The summed E-state index contributed by atoms with van der Waals surface area (Å²) in [6.45, 7) is -0.822. The molecule has 7 nitrogen and oxygen atoms in total. The Morgan fingerprint density at radius 2 is 1.47 bits per heavy atom. The summed E-state index contributed by atoms with van der Waals surface area (Å²) in [4.78, 5) is 28.6. The van der Waals surface area contributed by atoms with E-state index in [0.29, 0.717) is 11.9 Å². The Morgan fingerprint density at radius 3 is 2.06 bits per heavy atom. The Bertz CT molecular complexity index is 1780. The highest BCUT2D eigenvalue weighted by Crippen LogP contribution is 2.48. The lowest BCUT2D eigenvalue weighted by Gasteiger charge is -2.42. The van der Waals surface area contributed by atoms with Crippen LogP contribution < -0.4 is 10.1 Å². The van der Waals surface area contributed by atoms with E-state index in [1.165, 1.54) is 55.6 Å². The SMILES string of the molecule is COc1ccc(CCN2CCCCC2)c(C(F)(F)F)c1-c1cccc2c(C[C@H](NC(=O)C3(C(F)(F)F)CCN(CC(F)(F)F)CC3)C(=O)O)cccc12. The van der Waals surface area contributed by atoms with Gasteiger partial charge in [-0.1, -0.05) is 48.9 Å². The summed E-state index contributed by atoms with van der Waals surface area (Å²) in [5, 5.41) is 12.6. The van der Waals surface area contributed by atoms with Gasteiger partial charge in [-0.3, -0.25) is 9.69 Å². The maximum absolute atomic E-state index is 15.0. The molecule has 0 unspecified atom stereocenters. The molecule has 2 fully saturated rings. The number of likely N-dealkylation sites (tertiary alicyclic amines) is 2. The van der Waals surface area contributed by atoms with Crippen LogP contribution in [-0.4, -0.2) is 91.6 Å². The molecular weight excluding hydrogens is 721 g/mol. The summed E-state index contributed by atoms with van der Waals surface area (Å²) < 4.78 is 132. The minimum atomic E-state index is -5.20. The number of carbonyl (C=O) groups is 2. The number of ether oxygens (including phenoxy) is 1. The van der Waals surface area contributed by atoms with Crippen molar-refractivity contribution in [2.24, 2.45) is 5.41 Å². The largest absolute Gasteiger partial charge is 0.496 e. The van der Waals surface area contributed by atoms with E-state index in [0.717, 1.165) is 37.3 Å². The van der Waals surface area contributed by atoms with Crippen molar-refractivity contribution < 1.29 is 58.9 Å². The lowest BCUT2D eigenvalue weighted by atomic mass is 9.76. The summed E-state index contributed by atoms with van der Waals surface area (Å²) in [5.74, 6) is -3.40. The number of methoxy groups -OCH3 is 1. The predicted octanol–water partition coefficient (Wildman–Crippen LogP) is 7.88. The fraction of sp³-hybridized carbons (Fsp3) is 0.514. The average Bonchev–Trinajstić information content (AvgIpc) is 3.09. The van der Waals surface area contributed by atoms with Crippen molar-refractivity contribution in [1.29, 1.82) is 0 Å². The van der Waals surface area contributed by atoms with Crippen LogP contribution in [0, 0.1) is 5.41 Å². The Balaban J connectivity index is 1.48. The first-order valence-electron chi connectivity index (χ1n) is 17.2. The molecule has 0 aliphatic carbocycles. The first-order chi connectivity index (χ1) is 24.8. The van der Waals surface area contributed by atoms with E-state index in [9.17, 15) is 54.2 Å². The van der Waals surface area contributed by atoms with Crippen LogP contribution in [0.3, 0.4) is 0 Å². The average molecular weight is 762 g/mol. The van der Waals surface area contributed by atoms with Gasteiger partial charge in [0, 0.05) is 18.5 Å². The van der Waals surface area contributed by atoms with E-state index in [1.807, 2.05) is 5.32 Å². The van der Waals surface area contributed by atoms with Gasteiger partial charge in [-0.15, -0.1) is 0 Å². The number of hydrogen-bond acceptors (Lipinski definition) is 5. The molecule has 2 N–H and O–H groups in total. The van der Waals surface area contributed by atoms with Crippen LogP contribution in [0.25, 0.3) is 21.9 Å². The molecule has 0 radical (unpaired) electrons. The van der Waals surface area contributed by atoms with E-state index in [2.05, 4.69) is 4.90 Å². The van der Waals surface area contributed by atoms with Crippen LogP contribution in [0.1, 0.15) is 48.8 Å². The second-order valence-electron chi connectivity index (χ2n) is 13.7. The van der Waals surface area contributed by atoms with Crippen LogP contribution in [0.5, 0.6) is 5.75 Å². The quantitative estimate of drug-likeness (QED) is 0.194. The molecule has 2 saturated heterocycles. The molecule has 5 rings (SSSR count). The molecule has 16 heteroatoms. The molecule has 1 atom stereocenters. The van der Waals surface area contributed by atoms with Crippen molar-refractivity contribution in [2.75, 3.05) is 46.4 Å². The maximum atomic E-state index is 15.0. The number of nitrogens with zero attached hydrogens (tertiary/aromatic N) is 2. The zero-order valence-corrected chi connectivity index (χ0v) is 28.9. The maximum Gasteiger partial charge on any atom is 0.417 e. The van der Waals surface area contributed by atoms with E-state index in [-0.39, 0.29) is 39.8 Å². The minimum Gasteiger partial charge on any atom is -0.496 e. The number of carboxylic acid groups (broad SMARTS) is 1. The number of benzene rings is 3. The highest BCUT2D eigenvalue weighted by Gasteiger charge is 2.61. The molecule has 3 aromatic rings. The van der Waals surface area contributed by atoms with Gasteiger partial charge < -0.3 is 20.1 Å². The Morgan fingerprint density at radius 1 is 0.830 bits per heavy atom. The van der Waals surface area contributed by atoms with Crippen LogP contribution in [-0.2, 0) is 28.6 Å². The molecule has 53 heavy (non-hydrogen) atoms. The third-order valence-electron chi connectivity index (χ3n) is 10.3. The molecule has 290 valence electrons. The van der Waals surface area contributed by atoms with Gasteiger partial charge in [-0.25, -0.2) is 4.79 Å². The van der Waals surface area contributed by atoms with E-state index < -0.39 is 86.3 Å². The molecule has 0 spiro atoms. The van der Waals surface area contributed by atoms with Gasteiger partial charge >= 0.3 is 24.5 Å². The molecule has 1 amide bonds. The van der Waals surface area contributed by atoms with Crippen molar-refractivity contribution in [3.8, 4) is 16.9 Å². The smallest absolute Gasteiger partial charge is 0.417 e. The van der Waals surface area contributed by atoms with Gasteiger partial charge in [0.15, 0.2) is 0 Å². The van der Waals surface area contributed by atoms with Crippen molar-refractivity contribution >= 4 is 22.6 Å². The summed E-state index contributed by atoms with van der Waals surface area (Å²) in [7, 11) is 1.25. The Hall–Kier alpha value is -4.05. The van der Waals surface area contributed by atoms with Crippen LogP contribution >= 0.6 is 0 Å². The van der Waals surface area contributed by atoms with Gasteiger partial charge in [0.1, 0.15) is 17.2 Å². The van der Waals surface area contributed by atoms with Crippen LogP contribution in [0.4, 0.5) is 39.5 Å². The number of halogens is 9. The topological polar surface area (TPSA) is 82.1 Å². The summed E-state index contributed by atoms with van der Waals surface area (Å²) >= 11 is 0. The van der Waals surface area contributed by atoms with Crippen LogP contribution in [0.15, 0.2) is 48.5 Å². The fourth-order valence-electron chi connectivity index (χ4n) is 7.53. The molecule has 2 aliphatic heterocycles. The monoisotopic (exact) mass is 761 g/mol. The molecular formula is C37H40F9N3O4. The van der Waals surface area contributed by atoms with Crippen molar-refractivity contribution in [3.05, 3.63) is 65.2 Å². The van der Waals surface area contributed by atoms with Gasteiger partial charge in [-0.2, -0.15) is 39.5 Å². The number of fused-ring (bicyclic) bond motifs is 1. The molecule has 2 aliphatic rings. The van der Waals surface area contributed by atoms with Gasteiger partial charge in [-0.05, 0) is 91.8 Å². The molecule has 0 bridgehead atoms. The zero-order chi connectivity index (χ0) is 38.8. The summed E-state index contributed by atoms with van der Waals surface area (Å²) in [6.07, 6.45) is -14.1. The lowest BCUT2D eigenvalue weighted by Crippen LogP contribution is -2.59. The third kappa shape index (κ3) is 9.02. The van der Waals surface area contributed by atoms with Crippen molar-refractivity contribution in [2.45, 2.75) is 69.5 Å². The molecule has 0 saturated carbocycles. The minimum absolute atomic E-state index is 0.0497.